The molecule has 0 aliphatic heterocycles. The van der Waals surface area contributed by atoms with E-state index in [9.17, 15) is 18.4 Å². The van der Waals surface area contributed by atoms with Gasteiger partial charge in [0.1, 0.15) is 0 Å². The highest BCUT2D eigenvalue weighted by atomic mass is 19.3. The van der Waals surface area contributed by atoms with Gasteiger partial charge >= 0.3 is 12.3 Å². The van der Waals surface area contributed by atoms with Crippen molar-refractivity contribution >= 4 is 16.9 Å². The van der Waals surface area contributed by atoms with Crippen LogP contribution in [0, 0.1) is 0 Å². The van der Waals surface area contributed by atoms with Crippen LogP contribution in [-0.4, -0.2) is 29.6 Å². The smallest absolute Gasteiger partial charge is 0.387 e. The second-order valence-electron chi connectivity index (χ2n) is 5.79. The zero-order valence-corrected chi connectivity index (χ0v) is 14.5. The number of methoxy groups -OCH3 is 1. The molecule has 0 unspecified atom stereocenters. The first-order chi connectivity index (χ1) is 12.9. The van der Waals surface area contributed by atoms with Crippen LogP contribution in [-0.2, 0) is 0 Å². The van der Waals surface area contributed by atoms with Crippen LogP contribution >= 0.6 is 0 Å². The number of ether oxygens (including phenoxy) is 2. The summed E-state index contributed by atoms with van der Waals surface area (Å²) in [7, 11) is 1.30. The summed E-state index contributed by atoms with van der Waals surface area (Å²) in [5, 5.41) is 2.73. The molecular formula is C18H17F2N3O4. The number of carbonyl (C=O) groups is 1. The number of alkyl halides is 2. The number of rotatable bonds is 6. The molecule has 0 spiro atoms. The first kappa shape index (κ1) is 18.4. The summed E-state index contributed by atoms with van der Waals surface area (Å²) in [5.41, 5.74) is 1.57. The third-order valence-corrected chi connectivity index (χ3v) is 4.04. The SMILES string of the molecule is COc1cccc(C(=O)N[C@@H](C)c2ccc3[nH]c(=O)[nH]c3c2)c1OC(F)F. The first-order valence-corrected chi connectivity index (χ1v) is 8.03. The molecular weight excluding hydrogens is 360 g/mol. The Hall–Kier alpha value is -3.36. The summed E-state index contributed by atoms with van der Waals surface area (Å²) in [5.74, 6) is -0.897. The van der Waals surface area contributed by atoms with Crippen LogP contribution < -0.4 is 20.5 Å². The summed E-state index contributed by atoms with van der Waals surface area (Å²) in [6.07, 6.45) is 0. The number of nitrogens with one attached hydrogen (secondary N) is 3. The van der Waals surface area contributed by atoms with Gasteiger partial charge in [-0.15, -0.1) is 0 Å². The van der Waals surface area contributed by atoms with Crippen molar-refractivity contribution in [1.29, 1.82) is 0 Å². The lowest BCUT2D eigenvalue weighted by atomic mass is 10.1. The molecule has 3 rings (SSSR count). The van der Waals surface area contributed by atoms with E-state index in [0.717, 1.165) is 5.56 Å². The second kappa shape index (κ2) is 7.48. The van der Waals surface area contributed by atoms with Gasteiger partial charge in [-0.1, -0.05) is 12.1 Å². The minimum Gasteiger partial charge on any atom is -0.493 e. The molecule has 7 nitrogen and oxygen atoms in total. The van der Waals surface area contributed by atoms with Crippen molar-refractivity contribution in [2.75, 3.05) is 7.11 Å². The Morgan fingerprint density at radius 1 is 1.15 bits per heavy atom. The van der Waals surface area contributed by atoms with Gasteiger partial charge in [0, 0.05) is 0 Å². The third-order valence-electron chi connectivity index (χ3n) is 4.04. The summed E-state index contributed by atoms with van der Waals surface area (Å²) < 4.78 is 34.9. The predicted molar refractivity (Wildman–Crippen MR) is 94.4 cm³/mol. The molecule has 1 atom stereocenters. The molecule has 0 aliphatic carbocycles. The van der Waals surface area contributed by atoms with Gasteiger partial charge in [-0.3, -0.25) is 4.79 Å². The number of fused-ring (bicyclic) bond motifs is 1. The fourth-order valence-corrected chi connectivity index (χ4v) is 2.74. The quantitative estimate of drug-likeness (QED) is 0.615. The van der Waals surface area contributed by atoms with E-state index in [1.54, 1.807) is 25.1 Å². The average molecular weight is 377 g/mol. The Morgan fingerprint density at radius 3 is 2.59 bits per heavy atom. The number of aromatic nitrogens is 2. The molecule has 3 aromatic rings. The zero-order chi connectivity index (χ0) is 19.6. The highest BCUT2D eigenvalue weighted by Gasteiger charge is 2.21. The maximum Gasteiger partial charge on any atom is 0.387 e. The number of H-pyrrole nitrogens is 2. The van der Waals surface area contributed by atoms with Gasteiger partial charge in [-0.2, -0.15) is 8.78 Å². The van der Waals surface area contributed by atoms with Crippen molar-refractivity contribution in [2.45, 2.75) is 19.6 Å². The van der Waals surface area contributed by atoms with Gasteiger partial charge in [0.25, 0.3) is 5.91 Å². The normalized spacial score (nSPS) is 12.2. The number of para-hydroxylation sites is 1. The number of carbonyl (C=O) groups excluding carboxylic acids is 1. The van der Waals surface area contributed by atoms with E-state index < -0.39 is 18.6 Å². The Kier molecular flexibility index (Phi) is 5.11. The molecule has 1 aromatic heterocycles. The van der Waals surface area contributed by atoms with Gasteiger partial charge in [0.05, 0.1) is 29.7 Å². The lowest BCUT2D eigenvalue weighted by Crippen LogP contribution is -2.27. The molecule has 3 N–H and O–H groups in total. The van der Waals surface area contributed by atoms with Crippen LogP contribution in [0.15, 0.2) is 41.2 Å². The zero-order valence-electron chi connectivity index (χ0n) is 14.5. The van der Waals surface area contributed by atoms with Crippen molar-refractivity contribution in [3.63, 3.8) is 0 Å². The first-order valence-electron chi connectivity index (χ1n) is 8.03. The predicted octanol–water partition coefficient (Wildman–Crippen LogP) is 2.96. The van der Waals surface area contributed by atoms with Gasteiger partial charge in [-0.25, -0.2) is 4.79 Å². The number of halogens is 2. The number of hydrogen-bond acceptors (Lipinski definition) is 4. The molecule has 0 bridgehead atoms. The van der Waals surface area contributed by atoms with Crippen LogP contribution in [0.2, 0.25) is 0 Å². The van der Waals surface area contributed by atoms with E-state index >= 15 is 0 Å². The maximum atomic E-state index is 12.7. The van der Waals surface area contributed by atoms with Crippen LogP contribution in [0.25, 0.3) is 11.0 Å². The summed E-state index contributed by atoms with van der Waals surface area (Å²) in [6, 6.07) is 9.03. The van der Waals surface area contributed by atoms with Crippen LogP contribution in [0.5, 0.6) is 11.5 Å². The standard InChI is InChI=1S/C18H17F2N3O4/c1-9(10-6-7-12-13(8-10)23-18(25)22-12)21-16(24)11-4-3-5-14(26-2)15(11)27-17(19)20/h3-9,17H,1-2H3,(H,21,24)(H2,22,23,25)/t9-/m0/s1. The lowest BCUT2D eigenvalue weighted by molar-refractivity contribution is -0.0515. The minimum absolute atomic E-state index is 0.0296. The molecule has 9 heteroatoms. The van der Waals surface area contributed by atoms with Crippen LogP contribution in [0.4, 0.5) is 8.78 Å². The van der Waals surface area contributed by atoms with E-state index in [1.807, 2.05) is 0 Å². The van der Waals surface area contributed by atoms with Gasteiger partial charge in [0.15, 0.2) is 11.5 Å². The Balaban J connectivity index is 1.86. The van der Waals surface area contributed by atoms with E-state index in [2.05, 4.69) is 20.0 Å². The van der Waals surface area contributed by atoms with Crippen molar-refractivity contribution in [2.24, 2.45) is 0 Å². The molecule has 0 saturated carbocycles. The summed E-state index contributed by atoms with van der Waals surface area (Å²) >= 11 is 0. The average Bonchev–Trinajstić information content (AvgIpc) is 3.00. The molecule has 142 valence electrons. The number of benzene rings is 2. The Labute approximate surface area is 152 Å². The molecule has 0 aliphatic rings. The van der Waals surface area contributed by atoms with Crippen molar-refractivity contribution in [3.8, 4) is 11.5 Å². The molecule has 1 heterocycles. The minimum atomic E-state index is -3.10. The highest BCUT2D eigenvalue weighted by Crippen LogP contribution is 2.32. The van der Waals surface area contributed by atoms with Gasteiger partial charge in [0.2, 0.25) is 0 Å². The van der Waals surface area contributed by atoms with Gasteiger partial charge < -0.3 is 24.8 Å². The second-order valence-corrected chi connectivity index (χ2v) is 5.79. The number of hydrogen-bond donors (Lipinski definition) is 3. The van der Waals surface area contributed by atoms with E-state index in [4.69, 9.17) is 4.74 Å². The van der Waals surface area contributed by atoms with Crippen LogP contribution in [0.3, 0.4) is 0 Å². The third kappa shape index (κ3) is 3.91. The monoisotopic (exact) mass is 377 g/mol. The molecule has 2 aromatic carbocycles. The van der Waals surface area contributed by atoms with Crippen molar-refractivity contribution < 1.29 is 23.0 Å². The molecule has 0 saturated heterocycles. The van der Waals surface area contributed by atoms with E-state index in [1.165, 1.54) is 25.3 Å². The molecule has 0 radical (unpaired) electrons. The van der Waals surface area contributed by atoms with E-state index in [-0.39, 0.29) is 22.8 Å². The highest BCUT2D eigenvalue weighted by molar-refractivity contribution is 5.98. The summed E-state index contributed by atoms with van der Waals surface area (Å²) in [6.45, 7) is -1.37. The number of imidazole rings is 1. The lowest BCUT2D eigenvalue weighted by Gasteiger charge is -2.17. The number of amides is 1. The molecule has 0 fully saturated rings. The Morgan fingerprint density at radius 2 is 1.89 bits per heavy atom. The van der Waals surface area contributed by atoms with Crippen molar-refractivity contribution in [3.05, 3.63) is 58.0 Å². The van der Waals surface area contributed by atoms with Gasteiger partial charge in [-0.05, 0) is 36.8 Å². The maximum absolute atomic E-state index is 12.7. The van der Waals surface area contributed by atoms with Crippen molar-refractivity contribution in [1.82, 2.24) is 15.3 Å². The fraction of sp³-hybridized carbons (Fsp3) is 0.222. The Bertz CT molecular complexity index is 1030. The molecule has 1 amide bonds. The molecule has 27 heavy (non-hydrogen) atoms. The largest absolute Gasteiger partial charge is 0.493 e. The van der Waals surface area contributed by atoms with E-state index in [0.29, 0.717) is 11.0 Å². The number of aromatic amines is 2. The summed E-state index contributed by atoms with van der Waals surface area (Å²) in [4.78, 5) is 29.2. The topological polar surface area (TPSA) is 96.2 Å². The van der Waals surface area contributed by atoms with Crippen LogP contribution in [0.1, 0.15) is 28.9 Å². The fourth-order valence-electron chi connectivity index (χ4n) is 2.74.